The average Bonchev–Trinajstić information content (AvgIpc) is 2.65. The van der Waals surface area contributed by atoms with Gasteiger partial charge in [0.05, 0.1) is 20.3 Å². The van der Waals surface area contributed by atoms with E-state index < -0.39 is 0 Å². The van der Waals surface area contributed by atoms with Gasteiger partial charge >= 0.3 is 6.03 Å². The summed E-state index contributed by atoms with van der Waals surface area (Å²) >= 11 is 0. The van der Waals surface area contributed by atoms with Gasteiger partial charge in [-0.2, -0.15) is 0 Å². The van der Waals surface area contributed by atoms with Crippen molar-refractivity contribution in [2.45, 2.75) is 26.4 Å². The predicted octanol–water partition coefficient (Wildman–Crippen LogP) is 3.22. The minimum absolute atomic E-state index is 0.141. The Kier molecular flexibility index (Phi) is 7.05. The highest BCUT2D eigenvalue weighted by Gasteiger charge is 2.12. The summed E-state index contributed by atoms with van der Waals surface area (Å²) in [6.45, 7) is 3.62. The third-order valence-electron chi connectivity index (χ3n) is 3.98. The van der Waals surface area contributed by atoms with E-state index in [0.29, 0.717) is 23.7 Å². The lowest BCUT2D eigenvalue weighted by atomic mass is 10.1. The van der Waals surface area contributed by atoms with Crippen molar-refractivity contribution < 1.29 is 19.1 Å². The lowest BCUT2D eigenvalue weighted by Crippen LogP contribution is -2.36. The van der Waals surface area contributed by atoms with Crippen LogP contribution in [0.5, 0.6) is 11.5 Å². The molecule has 0 saturated heterocycles. The SMILES string of the molecule is COc1ccc(OC)c(CNC(=O)N[C@@H](C)c2cccc(NC(C)=O)c2)c1. The van der Waals surface area contributed by atoms with E-state index in [0.717, 1.165) is 11.1 Å². The standard InChI is InChI=1S/C20H25N3O4/c1-13(15-6-5-7-17(10-15)23-14(2)24)22-20(25)21-12-16-11-18(26-3)8-9-19(16)27-4/h5-11,13H,12H2,1-4H3,(H,23,24)(H2,21,22,25)/t13-/m0/s1. The van der Waals surface area contributed by atoms with E-state index in [1.807, 2.05) is 31.2 Å². The molecule has 0 aliphatic rings. The summed E-state index contributed by atoms with van der Waals surface area (Å²) in [6.07, 6.45) is 0. The van der Waals surface area contributed by atoms with Gasteiger partial charge in [0.25, 0.3) is 0 Å². The van der Waals surface area contributed by atoms with Crippen LogP contribution in [0.4, 0.5) is 10.5 Å². The molecule has 1 atom stereocenters. The molecule has 0 aliphatic heterocycles. The normalized spacial score (nSPS) is 11.3. The van der Waals surface area contributed by atoms with Crippen molar-refractivity contribution >= 4 is 17.6 Å². The Hall–Kier alpha value is -3.22. The number of anilines is 1. The second-order valence-corrected chi connectivity index (χ2v) is 6.03. The van der Waals surface area contributed by atoms with Crippen LogP contribution in [0.15, 0.2) is 42.5 Å². The zero-order valence-corrected chi connectivity index (χ0v) is 16.0. The van der Waals surface area contributed by atoms with Crippen molar-refractivity contribution in [2.75, 3.05) is 19.5 Å². The van der Waals surface area contributed by atoms with Crippen molar-refractivity contribution in [1.82, 2.24) is 10.6 Å². The van der Waals surface area contributed by atoms with E-state index >= 15 is 0 Å². The van der Waals surface area contributed by atoms with E-state index in [9.17, 15) is 9.59 Å². The first-order valence-corrected chi connectivity index (χ1v) is 8.55. The number of urea groups is 1. The van der Waals surface area contributed by atoms with Gasteiger partial charge in [0.2, 0.25) is 5.91 Å². The molecule has 2 aromatic carbocycles. The van der Waals surface area contributed by atoms with Gasteiger partial charge in [-0.1, -0.05) is 12.1 Å². The molecule has 144 valence electrons. The van der Waals surface area contributed by atoms with Crippen LogP contribution in [0.25, 0.3) is 0 Å². The van der Waals surface area contributed by atoms with Gasteiger partial charge in [0.1, 0.15) is 11.5 Å². The summed E-state index contributed by atoms with van der Waals surface area (Å²) in [7, 11) is 3.16. The predicted molar refractivity (Wildman–Crippen MR) is 104 cm³/mol. The Labute approximate surface area is 159 Å². The summed E-state index contributed by atoms with van der Waals surface area (Å²) in [6, 6.07) is 12.2. The van der Waals surface area contributed by atoms with Crippen molar-refractivity contribution in [2.24, 2.45) is 0 Å². The molecule has 7 nitrogen and oxygen atoms in total. The van der Waals surface area contributed by atoms with E-state index in [1.165, 1.54) is 6.92 Å². The summed E-state index contributed by atoms with van der Waals surface area (Å²) in [5, 5.41) is 8.43. The fourth-order valence-electron chi connectivity index (χ4n) is 2.62. The Morgan fingerprint density at radius 1 is 1.07 bits per heavy atom. The van der Waals surface area contributed by atoms with Crippen LogP contribution < -0.4 is 25.4 Å². The average molecular weight is 371 g/mol. The van der Waals surface area contributed by atoms with E-state index in [1.54, 1.807) is 32.4 Å². The number of ether oxygens (including phenoxy) is 2. The summed E-state index contributed by atoms with van der Waals surface area (Å²) in [4.78, 5) is 23.4. The molecule has 0 fully saturated rings. The molecule has 3 amide bonds. The van der Waals surface area contributed by atoms with Gasteiger partial charge in [-0.3, -0.25) is 4.79 Å². The molecule has 3 N–H and O–H groups in total. The number of carbonyl (C=O) groups excluding carboxylic acids is 2. The Morgan fingerprint density at radius 2 is 1.85 bits per heavy atom. The molecule has 0 unspecified atom stereocenters. The van der Waals surface area contributed by atoms with Crippen LogP contribution in [-0.2, 0) is 11.3 Å². The highest BCUT2D eigenvalue weighted by atomic mass is 16.5. The zero-order valence-electron chi connectivity index (χ0n) is 16.0. The number of hydrogen-bond acceptors (Lipinski definition) is 4. The van der Waals surface area contributed by atoms with Gasteiger partial charge in [0, 0.05) is 24.7 Å². The Balaban J connectivity index is 1.97. The molecule has 0 heterocycles. The number of benzene rings is 2. The molecular formula is C20H25N3O4. The number of amides is 3. The lowest BCUT2D eigenvalue weighted by Gasteiger charge is -2.17. The molecule has 0 aromatic heterocycles. The smallest absolute Gasteiger partial charge is 0.315 e. The maximum absolute atomic E-state index is 12.3. The van der Waals surface area contributed by atoms with E-state index in [4.69, 9.17) is 9.47 Å². The molecule has 7 heteroatoms. The lowest BCUT2D eigenvalue weighted by molar-refractivity contribution is -0.114. The van der Waals surface area contributed by atoms with Crippen LogP contribution >= 0.6 is 0 Å². The molecule has 2 rings (SSSR count). The Bertz CT molecular complexity index is 808. The first-order valence-electron chi connectivity index (χ1n) is 8.55. The first kappa shape index (κ1) is 20.1. The van der Waals surface area contributed by atoms with Gasteiger partial charge < -0.3 is 25.4 Å². The van der Waals surface area contributed by atoms with Gasteiger partial charge in [-0.15, -0.1) is 0 Å². The van der Waals surface area contributed by atoms with E-state index in [2.05, 4.69) is 16.0 Å². The van der Waals surface area contributed by atoms with Gasteiger partial charge in [-0.05, 0) is 42.8 Å². The highest BCUT2D eigenvalue weighted by Crippen LogP contribution is 2.23. The van der Waals surface area contributed by atoms with Crippen molar-refractivity contribution in [3.63, 3.8) is 0 Å². The molecular weight excluding hydrogens is 346 g/mol. The largest absolute Gasteiger partial charge is 0.497 e. The topological polar surface area (TPSA) is 88.7 Å². The molecule has 0 spiro atoms. The van der Waals surface area contributed by atoms with Crippen LogP contribution in [0, 0.1) is 0 Å². The highest BCUT2D eigenvalue weighted by molar-refractivity contribution is 5.88. The summed E-state index contributed by atoms with van der Waals surface area (Å²) in [5.74, 6) is 1.22. The van der Waals surface area contributed by atoms with Gasteiger partial charge in [-0.25, -0.2) is 4.79 Å². The van der Waals surface area contributed by atoms with Crippen LogP contribution in [0.2, 0.25) is 0 Å². The molecule has 0 saturated carbocycles. The fraction of sp³-hybridized carbons (Fsp3) is 0.300. The van der Waals surface area contributed by atoms with Crippen molar-refractivity contribution in [3.8, 4) is 11.5 Å². The number of rotatable bonds is 7. The Morgan fingerprint density at radius 3 is 2.52 bits per heavy atom. The van der Waals surface area contributed by atoms with Crippen LogP contribution in [0.1, 0.15) is 31.0 Å². The minimum atomic E-state index is -0.308. The third kappa shape index (κ3) is 5.91. The maximum atomic E-state index is 12.3. The zero-order chi connectivity index (χ0) is 19.8. The fourth-order valence-corrected chi connectivity index (χ4v) is 2.62. The number of hydrogen-bond donors (Lipinski definition) is 3. The molecule has 27 heavy (non-hydrogen) atoms. The minimum Gasteiger partial charge on any atom is -0.497 e. The second kappa shape index (κ2) is 9.47. The quantitative estimate of drug-likeness (QED) is 0.697. The summed E-state index contributed by atoms with van der Waals surface area (Å²) < 4.78 is 10.5. The molecule has 0 aliphatic carbocycles. The third-order valence-corrected chi connectivity index (χ3v) is 3.98. The monoisotopic (exact) mass is 371 g/mol. The summed E-state index contributed by atoms with van der Waals surface area (Å²) in [5.41, 5.74) is 2.39. The first-order chi connectivity index (χ1) is 12.9. The molecule has 0 radical (unpaired) electrons. The van der Waals surface area contributed by atoms with E-state index in [-0.39, 0.29) is 18.0 Å². The van der Waals surface area contributed by atoms with Crippen molar-refractivity contribution in [1.29, 1.82) is 0 Å². The second-order valence-electron chi connectivity index (χ2n) is 6.03. The number of carbonyl (C=O) groups is 2. The van der Waals surface area contributed by atoms with Crippen LogP contribution in [0.3, 0.4) is 0 Å². The molecule has 0 bridgehead atoms. The maximum Gasteiger partial charge on any atom is 0.315 e. The van der Waals surface area contributed by atoms with Crippen LogP contribution in [-0.4, -0.2) is 26.2 Å². The van der Waals surface area contributed by atoms with Gasteiger partial charge in [0.15, 0.2) is 0 Å². The number of nitrogens with one attached hydrogen (secondary N) is 3. The molecule has 2 aromatic rings. The van der Waals surface area contributed by atoms with Crippen molar-refractivity contribution in [3.05, 3.63) is 53.6 Å². The number of methoxy groups -OCH3 is 2.